The first-order valence-corrected chi connectivity index (χ1v) is 10.3. The van der Waals surface area contributed by atoms with Gasteiger partial charge in [0.05, 0.1) is 6.04 Å². The zero-order valence-electron chi connectivity index (χ0n) is 17.8. The molecule has 0 aliphatic carbocycles. The molecule has 1 aromatic carbocycles. The third kappa shape index (κ3) is 3.96. The number of halogens is 4. The lowest BCUT2D eigenvalue weighted by molar-refractivity contribution is -0.0271. The number of hydrogen-bond donors (Lipinski definition) is 2. The van der Waals surface area contributed by atoms with E-state index in [1.807, 2.05) is 0 Å². The molecule has 0 radical (unpaired) electrons. The van der Waals surface area contributed by atoms with Crippen molar-refractivity contribution in [3.63, 3.8) is 0 Å². The van der Waals surface area contributed by atoms with Crippen LogP contribution in [0.2, 0.25) is 0 Å². The van der Waals surface area contributed by atoms with Gasteiger partial charge in [0.15, 0.2) is 11.4 Å². The molecule has 2 aromatic rings. The predicted octanol–water partition coefficient (Wildman–Crippen LogP) is 2.89. The smallest absolute Gasteiger partial charge is 0.274 e. The molecule has 2 atom stereocenters. The highest BCUT2D eigenvalue weighted by Crippen LogP contribution is 2.40. The van der Waals surface area contributed by atoms with E-state index in [9.17, 15) is 37.1 Å². The number of rotatable bonds is 3. The molecule has 1 saturated heterocycles. The number of carbonyl (C=O) groups excluding carboxylic acids is 2. The van der Waals surface area contributed by atoms with Gasteiger partial charge in [0, 0.05) is 43.7 Å². The van der Waals surface area contributed by atoms with Gasteiger partial charge in [0.1, 0.15) is 17.2 Å². The number of aromatic hydroxyl groups is 1. The van der Waals surface area contributed by atoms with Crippen LogP contribution in [0.5, 0.6) is 5.75 Å². The number of carbonyl (C=O) groups is 2. The molecule has 3 heterocycles. The average Bonchev–Trinajstić information content (AvgIpc) is 2.80. The van der Waals surface area contributed by atoms with Crippen molar-refractivity contribution >= 4 is 11.8 Å². The first-order valence-electron chi connectivity index (χ1n) is 10.3. The molecular weight excluding hydrogens is 446 g/mol. The van der Waals surface area contributed by atoms with Gasteiger partial charge in [-0.2, -0.15) is 0 Å². The number of fused-ring (bicyclic) bond motifs is 4. The fraction of sp³-hybridized carbons (Fsp3) is 0.409. The second-order valence-corrected chi connectivity index (χ2v) is 8.59. The Morgan fingerprint density at radius 2 is 1.85 bits per heavy atom. The molecule has 2 unspecified atom stereocenters. The minimum Gasteiger partial charge on any atom is -0.503 e. The zero-order chi connectivity index (χ0) is 24.2. The lowest BCUT2D eigenvalue weighted by Gasteiger charge is -2.36. The minimum atomic E-state index is -3.11. The van der Waals surface area contributed by atoms with Crippen molar-refractivity contribution in [2.24, 2.45) is 0 Å². The van der Waals surface area contributed by atoms with Crippen LogP contribution in [-0.4, -0.2) is 44.9 Å². The molecular formula is C22H21F4N3O4. The lowest BCUT2D eigenvalue weighted by atomic mass is 10.0. The van der Waals surface area contributed by atoms with Gasteiger partial charge in [-0.25, -0.2) is 17.6 Å². The predicted molar refractivity (Wildman–Crippen MR) is 108 cm³/mol. The van der Waals surface area contributed by atoms with Gasteiger partial charge < -0.3 is 19.9 Å². The number of aromatic nitrogens is 1. The number of alkyl halides is 2. The Bertz CT molecular complexity index is 1200. The van der Waals surface area contributed by atoms with Gasteiger partial charge in [0.25, 0.3) is 17.7 Å². The maximum Gasteiger partial charge on any atom is 0.274 e. The van der Waals surface area contributed by atoms with Crippen LogP contribution >= 0.6 is 0 Å². The number of pyridine rings is 1. The van der Waals surface area contributed by atoms with Gasteiger partial charge in [-0.05, 0) is 31.5 Å². The monoisotopic (exact) mass is 467 g/mol. The Morgan fingerprint density at radius 3 is 2.48 bits per heavy atom. The van der Waals surface area contributed by atoms with Crippen LogP contribution in [0.4, 0.5) is 17.6 Å². The van der Waals surface area contributed by atoms with Gasteiger partial charge in [-0.3, -0.25) is 14.4 Å². The van der Waals surface area contributed by atoms with Gasteiger partial charge >= 0.3 is 0 Å². The molecule has 2 bridgehead atoms. The maximum absolute atomic E-state index is 14.4. The fourth-order valence-electron chi connectivity index (χ4n) is 4.49. The number of nitrogens with one attached hydrogen (secondary N) is 1. The molecule has 4 rings (SSSR count). The number of benzene rings is 1. The van der Waals surface area contributed by atoms with E-state index < -0.39 is 88.8 Å². The van der Waals surface area contributed by atoms with E-state index in [-0.39, 0.29) is 6.54 Å². The molecule has 2 amide bonds. The van der Waals surface area contributed by atoms with Gasteiger partial charge in [-0.1, -0.05) is 0 Å². The van der Waals surface area contributed by atoms with E-state index >= 15 is 0 Å². The quantitative estimate of drug-likeness (QED) is 0.680. The molecule has 1 aromatic heterocycles. The summed E-state index contributed by atoms with van der Waals surface area (Å²) < 4.78 is 57.9. The summed E-state index contributed by atoms with van der Waals surface area (Å²) in [6, 6.07) is 0.356. The van der Waals surface area contributed by atoms with Crippen LogP contribution < -0.4 is 10.7 Å². The summed E-state index contributed by atoms with van der Waals surface area (Å²) in [5.41, 5.74) is -2.37. The number of nitrogens with zero attached hydrogens (tertiary/aromatic N) is 2. The van der Waals surface area contributed by atoms with Crippen molar-refractivity contribution in [2.45, 2.75) is 51.2 Å². The zero-order valence-corrected chi connectivity index (χ0v) is 17.8. The number of amides is 2. The van der Waals surface area contributed by atoms with E-state index in [0.717, 1.165) is 22.9 Å². The highest BCUT2D eigenvalue weighted by molar-refractivity contribution is 5.99. The van der Waals surface area contributed by atoms with E-state index in [1.165, 1.54) is 18.7 Å². The van der Waals surface area contributed by atoms with Gasteiger partial charge in [0.2, 0.25) is 5.43 Å². The number of hydrogen-bond acceptors (Lipinski definition) is 4. The molecule has 2 aliphatic heterocycles. The molecule has 33 heavy (non-hydrogen) atoms. The van der Waals surface area contributed by atoms with Crippen molar-refractivity contribution in [1.29, 1.82) is 0 Å². The summed E-state index contributed by atoms with van der Waals surface area (Å²) >= 11 is 0. The normalized spacial score (nSPS) is 21.4. The van der Waals surface area contributed by atoms with Crippen LogP contribution in [0.25, 0.3) is 0 Å². The van der Waals surface area contributed by atoms with E-state index in [4.69, 9.17) is 0 Å². The second-order valence-electron chi connectivity index (χ2n) is 8.59. The van der Waals surface area contributed by atoms with Crippen LogP contribution in [0.15, 0.2) is 23.1 Å². The molecule has 176 valence electrons. The largest absolute Gasteiger partial charge is 0.503 e. The van der Waals surface area contributed by atoms with E-state index in [1.54, 1.807) is 0 Å². The summed E-state index contributed by atoms with van der Waals surface area (Å²) in [7, 11) is 0. The van der Waals surface area contributed by atoms with Crippen LogP contribution in [-0.2, 0) is 6.54 Å². The van der Waals surface area contributed by atoms with Crippen LogP contribution in [0.3, 0.4) is 0 Å². The third-order valence-corrected chi connectivity index (χ3v) is 6.09. The first kappa shape index (κ1) is 22.8. The van der Waals surface area contributed by atoms with Crippen LogP contribution in [0, 0.1) is 18.6 Å². The molecule has 7 nitrogen and oxygen atoms in total. The fourth-order valence-corrected chi connectivity index (χ4v) is 4.49. The summed E-state index contributed by atoms with van der Waals surface area (Å²) in [5.74, 6) is -7.79. The van der Waals surface area contributed by atoms with Crippen molar-refractivity contribution in [1.82, 2.24) is 14.8 Å². The lowest BCUT2D eigenvalue weighted by Crippen LogP contribution is -2.47. The SMILES string of the molecule is Cc1cc(F)c(CNC(=O)c2cn3c(c(O)c2=O)C(=O)N2CC3CC(F)(F)CC2C)c(F)c1. The Kier molecular flexibility index (Phi) is 5.45. The van der Waals surface area contributed by atoms with Crippen molar-refractivity contribution in [2.75, 3.05) is 6.54 Å². The molecule has 2 aliphatic rings. The summed E-state index contributed by atoms with van der Waals surface area (Å²) in [6.45, 7) is 2.28. The Hall–Kier alpha value is -3.37. The van der Waals surface area contributed by atoms with Crippen molar-refractivity contribution in [3.05, 3.63) is 62.6 Å². The van der Waals surface area contributed by atoms with Crippen molar-refractivity contribution < 1.29 is 32.3 Å². The summed E-state index contributed by atoms with van der Waals surface area (Å²) in [5, 5.41) is 12.6. The molecule has 2 N–H and O–H groups in total. The third-order valence-electron chi connectivity index (χ3n) is 6.09. The average molecular weight is 467 g/mol. The summed E-state index contributed by atoms with van der Waals surface area (Å²) in [6.07, 6.45) is -0.284. The Labute approximate surface area is 185 Å². The maximum atomic E-state index is 14.4. The molecule has 11 heteroatoms. The standard InChI is InChI=1S/C22H21F4N3O4/c1-10-3-15(23)13(16(24)4-10)7-27-20(32)14-9-29-12-6-22(25,26)5-11(2)28(8-12)21(33)17(29)19(31)18(14)30/h3-4,9,11-12,31H,5-8H2,1-2H3,(H,27,32). The first-order chi connectivity index (χ1) is 15.4. The van der Waals surface area contributed by atoms with Crippen LogP contribution in [0.1, 0.15) is 57.8 Å². The van der Waals surface area contributed by atoms with Crippen molar-refractivity contribution in [3.8, 4) is 5.75 Å². The second kappa shape index (κ2) is 7.89. The molecule has 0 spiro atoms. The molecule has 0 saturated carbocycles. The highest BCUT2D eigenvalue weighted by Gasteiger charge is 2.47. The number of aryl methyl sites for hydroxylation is 1. The Balaban J connectivity index is 1.71. The molecule has 1 fully saturated rings. The minimum absolute atomic E-state index is 0.0776. The Morgan fingerprint density at radius 1 is 1.21 bits per heavy atom. The van der Waals surface area contributed by atoms with E-state index in [0.29, 0.717) is 5.56 Å². The topological polar surface area (TPSA) is 91.6 Å². The van der Waals surface area contributed by atoms with E-state index in [2.05, 4.69) is 5.32 Å². The summed E-state index contributed by atoms with van der Waals surface area (Å²) in [4.78, 5) is 39.3. The highest BCUT2D eigenvalue weighted by atomic mass is 19.3. The van der Waals surface area contributed by atoms with Gasteiger partial charge in [-0.15, -0.1) is 0 Å².